The minimum Gasteiger partial charge on any atom is -0.496 e. The van der Waals surface area contributed by atoms with E-state index in [1.807, 2.05) is 54.6 Å². The van der Waals surface area contributed by atoms with Crippen LogP contribution in [0.25, 0.3) is 11.3 Å². The van der Waals surface area contributed by atoms with E-state index in [0.717, 1.165) is 11.1 Å². The standard InChI is InChI=1S/C20H22N4O2/c1-23(2)22-20(25)17-14-24(13-15-9-5-4-6-10-15)21-19(17)16-11-7-8-12-18(16)26-3/h4-12,14H,13H2,1-3H3,(H,22,25). The number of amides is 1. The van der Waals surface area contributed by atoms with Crippen molar-refractivity contribution >= 4 is 5.91 Å². The molecule has 3 aromatic rings. The highest BCUT2D eigenvalue weighted by Crippen LogP contribution is 2.31. The highest BCUT2D eigenvalue weighted by Gasteiger charge is 2.21. The molecule has 2 aromatic carbocycles. The number of hydrogen-bond acceptors (Lipinski definition) is 4. The van der Waals surface area contributed by atoms with Crippen LogP contribution in [0, 0.1) is 0 Å². The smallest absolute Gasteiger partial charge is 0.269 e. The first kappa shape index (κ1) is 17.7. The Morgan fingerprint density at radius 1 is 1.12 bits per heavy atom. The van der Waals surface area contributed by atoms with Crippen molar-refractivity contribution in [3.8, 4) is 17.0 Å². The Bertz CT molecular complexity index is 888. The summed E-state index contributed by atoms with van der Waals surface area (Å²) in [6.07, 6.45) is 1.77. The molecule has 134 valence electrons. The minimum atomic E-state index is -0.213. The van der Waals surface area contributed by atoms with Crippen molar-refractivity contribution in [1.82, 2.24) is 20.2 Å². The van der Waals surface area contributed by atoms with Gasteiger partial charge in [0.2, 0.25) is 0 Å². The molecule has 0 saturated heterocycles. The second-order valence-corrected chi connectivity index (χ2v) is 6.11. The van der Waals surface area contributed by atoms with Crippen molar-refractivity contribution < 1.29 is 9.53 Å². The van der Waals surface area contributed by atoms with Crippen molar-refractivity contribution in [2.24, 2.45) is 0 Å². The van der Waals surface area contributed by atoms with Gasteiger partial charge in [0.1, 0.15) is 11.4 Å². The van der Waals surface area contributed by atoms with E-state index in [9.17, 15) is 4.79 Å². The van der Waals surface area contributed by atoms with Gasteiger partial charge in [-0.15, -0.1) is 0 Å². The fourth-order valence-corrected chi connectivity index (χ4v) is 2.74. The molecule has 0 radical (unpaired) electrons. The van der Waals surface area contributed by atoms with Gasteiger partial charge in [0.05, 0.1) is 19.2 Å². The summed E-state index contributed by atoms with van der Waals surface area (Å²) in [5.41, 5.74) is 5.77. The van der Waals surface area contributed by atoms with E-state index < -0.39 is 0 Å². The van der Waals surface area contributed by atoms with Gasteiger partial charge in [0, 0.05) is 25.9 Å². The van der Waals surface area contributed by atoms with Gasteiger partial charge in [-0.2, -0.15) is 5.10 Å². The summed E-state index contributed by atoms with van der Waals surface area (Å²) >= 11 is 0. The highest BCUT2D eigenvalue weighted by atomic mass is 16.5. The zero-order valence-corrected chi connectivity index (χ0v) is 15.1. The number of nitrogens with zero attached hydrogens (tertiary/aromatic N) is 3. The van der Waals surface area contributed by atoms with Gasteiger partial charge in [-0.25, -0.2) is 5.01 Å². The fourth-order valence-electron chi connectivity index (χ4n) is 2.74. The lowest BCUT2D eigenvalue weighted by atomic mass is 10.1. The molecule has 0 saturated carbocycles. The number of nitrogens with one attached hydrogen (secondary N) is 1. The maximum absolute atomic E-state index is 12.7. The molecule has 3 rings (SSSR count). The highest BCUT2D eigenvalue weighted by molar-refractivity contribution is 6.00. The minimum absolute atomic E-state index is 0.213. The molecule has 1 aromatic heterocycles. The number of carbonyl (C=O) groups excluding carboxylic acids is 1. The van der Waals surface area contributed by atoms with Gasteiger partial charge >= 0.3 is 0 Å². The van der Waals surface area contributed by atoms with Crippen LogP contribution in [0.2, 0.25) is 0 Å². The molecular weight excluding hydrogens is 328 g/mol. The van der Waals surface area contributed by atoms with Crippen LogP contribution in [-0.2, 0) is 6.54 Å². The molecule has 1 N–H and O–H groups in total. The lowest BCUT2D eigenvalue weighted by Crippen LogP contribution is -2.36. The Morgan fingerprint density at radius 2 is 1.81 bits per heavy atom. The number of aromatic nitrogens is 2. The topological polar surface area (TPSA) is 59.4 Å². The second-order valence-electron chi connectivity index (χ2n) is 6.11. The van der Waals surface area contributed by atoms with E-state index in [2.05, 4.69) is 10.5 Å². The van der Waals surface area contributed by atoms with Crippen molar-refractivity contribution in [2.75, 3.05) is 21.2 Å². The lowest BCUT2D eigenvalue weighted by molar-refractivity contribution is 0.0857. The third-order valence-electron chi connectivity index (χ3n) is 3.88. The summed E-state index contributed by atoms with van der Waals surface area (Å²) in [6, 6.07) is 17.6. The van der Waals surface area contributed by atoms with Gasteiger partial charge in [-0.1, -0.05) is 42.5 Å². The molecule has 26 heavy (non-hydrogen) atoms. The zero-order chi connectivity index (χ0) is 18.5. The number of carbonyl (C=O) groups is 1. The summed E-state index contributed by atoms with van der Waals surface area (Å²) in [5.74, 6) is 0.464. The average molecular weight is 350 g/mol. The molecule has 0 atom stereocenters. The van der Waals surface area contributed by atoms with Crippen LogP contribution >= 0.6 is 0 Å². The Morgan fingerprint density at radius 3 is 2.50 bits per heavy atom. The number of ether oxygens (including phenoxy) is 1. The predicted molar refractivity (Wildman–Crippen MR) is 101 cm³/mol. The molecule has 0 spiro atoms. The Hall–Kier alpha value is -3.12. The van der Waals surface area contributed by atoms with E-state index in [-0.39, 0.29) is 5.91 Å². The number of benzene rings is 2. The first-order valence-electron chi connectivity index (χ1n) is 8.31. The maximum atomic E-state index is 12.7. The van der Waals surface area contributed by atoms with Gasteiger partial charge in [-0.3, -0.25) is 14.9 Å². The SMILES string of the molecule is COc1ccccc1-c1nn(Cc2ccccc2)cc1C(=O)NN(C)C. The quantitative estimate of drug-likeness (QED) is 0.695. The Labute approximate surface area is 153 Å². The average Bonchev–Trinajstić information content (AvgIpc) is 3.05. The van der Waals surface area contributed by atoms with E-state index in [1.54, 1.807) is 37.1 Å². The van der Waals surface area contributed by atoms with E-state index in [1.165, 1.54) is 0 Å². The van der Waals surface area contributed by atoms with Gasteiger partial charge in [-0.05, 0) is 17.7 Å². The van der Waals surface area contributed by atoms with Crippen LogP contribution in [0.5, 0.6) is 5.75 Å². The molecule has 6 heteroatoms. The van der Waals surface area contributed by atoms with E-state index in [4.69, 9.17) is 4.74 Å². The predicted octanol–water partition coefficient (Wildman–Crippen LogP) is 2.81. The van der Waals surface area contributed by atoms with Crippen molar-refractivity contribution in [3.63, 3.8) is 0 Å². The molecule has 1 heterocycles. The van der Waals surface area contributed by atoms with Crippen LogP contribution < -0.4 is 10.2 Å². The molecule has 0 fully saturated rings. The number of rotatable bonds is 6. The molecule has 6 nitrogen and oxygen atoms in total. The van der Waals surface area contributed by atoms with Gasteiger partial charge in [0.25, 0.3) is 5.91 Å². The number of para-hydroxylation sites is 1. The first-order valence-corrected chi connectivity index (χ1v) is 8.31. The van der Waals surface area contributed by atoms with Crippen LogP contribution in [0.4, 0.5) is 0 Å². The molecular formula is C20H22N4O2. The second kappa shape index (κ2) is 7.84. The fraction of sp³-hybridized carbons (Fsp3) is 0.200. The van der Waals surface area contributed by atoms with Crippen LogP contribution in [0.3, 0.4) is 0 Å². The van der Waals surface area contributed by atoms with Crippen molar-refractivity contribution in [1.29, 1.82) is 0 Å². The number of methoxy groups -OCH3 is 1. The Kier molecular flexibility index (Phi) is 5.34. The maximum Gasteiger partial charge on any atom is 0.269 e. The van der Waals surface area contributed by atoms with Gasteiger partial charge < -0.3 is 4.74 Å². The number of hydrogen-bond donors (Lipinski definition) is 1. The molecule has 0 unspecified atom stereocenters. The van der Waals surface area contributed by atoms with Crippen LogP contribution in [-0.4, -0.2) is 41.9 Å². The third-order valence-corrected chi connectivity index (χ3v) is 3.88. The third kappa shape index (κ3) is 3.92. The summed E-state index contributed by atoms with van der Waals surface area (Å²) in [5, 5.41) is 6.28. The summed E-state index contributed by atoms with van der Waals surface area (Å²) in [4.78, 5) is 12.7. The van der Waals surface area contributed by atoms with E-state index >= 15 is 0 Å². The van der Waals surface area contributed by atoms with Gasteiger partial charge in [0.15, 0.2) is 0 Å². The normalized spacial score (nSPS) is 10.8. The van der Waals surface area contributed by atoms with Crippen molar-refractivity contribution in [3.05, 3.63) is 71.9 Å². The summed E-state index contributed by atoms with van der Waals surface area (Å²) in [7, 11) is 5.16. The van der Waals surface area contributed by atoms with Crippen LogP contribution in [0.1, 0.15) is 15.9 Å². The van der Waals surface area contributed by atoms with Crippen LogP contribution in [0.15, 0.2) is 60.8 Å². The molecule has 0 aliphatic rings. The summed E-state index contributed by atoms with van der Waals surface area (Å²) < 4.78 is 7.23. The zero-order valence-electron chi connectivity index (χ0n) is 15.1. The summed E-state index contributed by atoms with van der Waals surface area (Å²) in [6.45, 7) is 0.582. The molecule has 1 amide bonds. The van der Waals surface area contributed by atoms with E-state index in [0.29, 0.717) is 23.6 Å². The van der Waals surface area contributed by atoms with Crippen molar-refractivity contribution in [2.45, 2.75) is 6.54 Å². The Balaban J connectivity index is 2.04. The first-order chi connectivity index (χ1) is 12.6. The molecule has 0 aliphatic carbocycles. The lowest BCUT2D eigenvalue weighted by Gasteiger charge is -2.12. The largest absolute Gasteiger partial charge is 0.496 e. The molecule has 0 aliphatic heterocycles. The number of hydrazine groups is 1. The molecule has 0 bridgehead atoms. The monoisotopic (exact) mass is 350 g/mol.